The predicted molar refractivity (Wildman–Crippen MR) is 68.5 cm³/mol. The molecular formula is C13H21N3O2. The summed E-state index contributed by atoms with van der Waals surface area (Å²) in [7, 11) is 0. The third-order valence-electron chi connectivity index (χ3n) is 3.43. The van der Waals surface area contributed by atoms with Gasteiger partial charge in [-0.1, -0.05) is 0 Å². The minimum absolute atomic E-state index is 0.232. The van der Waals surface area contributed by atoms with Crippen molar-refractivity contribution < 1.29 is 9.90 Å². The molecule has 2 N–H and O–H groups in total. The fraction of sp³-hybridized carbons (Fsp3) is 0.692. The van der Waals surface area contributed by atoms with Crippen LogP contribution in [0.2, 0.25) is 0 Å². The zero-order chi connectivity index (χ0) is 13.1. The predicted octanol–water partition coefficient (Wildman–Crippen LogP) is 1.60. The number of carbonyl (C=O) groups is 1. The lowest BCUT2D eigenvalue weighted by Crippen LogP contribution is -2.47. The van der Waals surface area contributed by atoms with Crippen LogP contribution in [0.4, 0.5) is 0 Å². The number of piperidine rings is 1. The molecule has 1 fully saturated rings. The minimum Gasteiger partial charge on any atom is -0.480 e. The van der Waals surface area contributed by atoms with Crippen molar-refractivity contribution in [1.82, 2.24) is 15.1 Å². The van der Waals surface area contributed by atoms with Gasteiger partial charge in [0.05, 0.1) is 5.69 Å². The molecule has 0 spiro atoms. The quantitative estimate of drug-likeness (QED) is 0.853. The van der Waals surface area contributed by atoms with Crippen molar-refractivity contribution in [3.63, 3.8) is 0 Å². The third-order valence-corrected chi connectivity index (χ3v) is 3.43. The van der Waals surface area contributed by atoms with Gasteiger partial charge in [0, 0.05) is 24.7 Å². The van der Waals surface area contributed by atoms with E-state index in [1.54, 1.807) is 0 Å². The number of hydrogen-bond acceptors (Lipinski definition) is 3. The Bertz CT molecular complexity index is 414. The highest BCUT2D eigenvalue weighted by Crippen LogP contribution is 2.16. The number of rotatable bonds is 4. The minimum atomic E-state index is -0.743. The normalized spacial score (nSPS) is 24.4. The van der Waals surface area contributed by atoms with Gasteiger partial charge in [0.1, 0.15) is 6.04 Å². The van der Waals surface area contributed by atoms with Gasteiger partial charge in [0.25, 0.3) is 0 Å². The van der Waals surface area contributed by atoms with E-state index in [4.69, 9.17) is 5.11 Å². The molecule has 5 heteroatoms. The number of hydrogen-bond donors (Lipinski definition) is 2. The maximum Gasteiger partial charge on any atom is 0.320 e. The topological polar surface area (TPSA) is 67.2 Å². The SMILES string of the molecule is CC(C)n1ccc(CC2CCCC(C(=O)O)N2)n1. The molecule has 1 aromatic rings. The van der Waals surface area contributed by atoms with Crippen LogP contribution in [0.25, 0.3) is 0 Å². The highest BCUT2D eigenvalue weighted by molar-refractivity contribution is 5.73. The summed E-state index contributed by atoms with van der Waals surface area (Å²) in [6.45, 7) is 4.19. The molecule has 0 radical (unpaired) electrons. The molecule has 0 aromatic carbocycles. The van der Waals surface area contributed by atoms with E-state index in [-0.39, 0.29) is 6.04 Å². The molecule has 0 bridgehead atoms. The average molecular weight is 251 g/mol. The van der Waals surface area contributed by atoms with Gasteiger partial charge in [-0.3, -0.25) is 9.48 Å². The summed E-state index contributed by atoms with van der Waals surface area (Å²) < 4.78 is 1.94. The lowest BCUT2D eigenvalue weighted by Gasteiger charge is -2.28. The van der Waals surface area contributed by atoms with E-state index in [9.17, 15) is 4.79 Å². The molecule has 0 aliphatic carbocycles. The van der Waals surface area contributed by atoms with Gasteiger partial charge in [0.15, 0.2) is 0 Å². The number of nitrogens with zero attached hydrogens (tertiary/aromatic N) is 2. The van der Waals surface area contributed by atoms with Crippen LogP contribution in [0.5, 0.6) is 0 Å². The molecule has 5 nitrogen and oxygen atoms in total. The van der Waals surface area contributed by atoms with Crippen molar-refractivity contribution in [2.45, 2.75) is 57.7 Å². The van der Waals surface area contributed by atoms with Crippen molar-refractivity contribution in [3.8, 4) is 0 Å². The second-order valence-electron chi connectivity index (χ2n) is 5.27. The Labute approximate surface area is 107 Å². The molecular weight excluding hydrogens is 230 g/mol. The van der Waals surface area contributed by atoms with Crippen LogP contribution in [0, 0.1) is 0 Å². The van der Waals surface area contributed by atoms with Gasteiger partial charge >= 0.3 is 5.97 Å². The van der Waals surface area contributed by atoms with Crippen molar-refractivity contribution in [3.05, 3.63) is 18.0 Å². The van der Waals surface area contributed by atoms with E-state index in [1.165, 1.54) is 0 Å². The first-order chi connectivity index (χ1) is 8.56. The zero-order valence-electron chi connectivity index (χ0n) is 11.0. The van der Waals surface area contributed by atoms with Gasteiger partial charge in [0.2, 0.25) is 0 Å². The Hall–Kier alpha value is -1.36. The van der Waals surface area contributed by atoms with Gasteiger partial charge in [-0.2, -0.15) is 5.10 Å². The number of carboxylic acid groups (broad SMARTS) is 1. The molecule has 0 amide bonds. The summed E-state index contributed by atoms with van der Waals surface area (Å²) in [5.41, 5.74) is 1.03. The molecule has 2 unspecified atom stereocenters. The standard InChI is InChI=1S/C13H21N3O2/c1-9(2)16-7-6-11(15-16)8-10-4-3-5-12(14-10)13(17)18/h6-7,9-10,12,14H,3-5,8H2,1-2H3,(H,17,18). The van der Waals surface area contributed by atoms with Gasteiger partial charge < -0.3 is 10.4 Å². The molecule has 2 rings (SSSR count). The summed E-state index contributed by atoms with van der Waals surface area (Å²) in [6.07, 6.45) is 5.52. The Morgan fingerprint density at radius 3 is 3.00 bits per heavy atom. The Morgan fingerprint density at radius 2 is 2.39 bits per heavy atom. The summed E-state index contributed by atoms with van der Waals surface area (Å²) in [5.74, 6) is -0.743. The molecule has 18 heavy (non-hydrogen) atoms. The highest BCUT2D eigenvalue weighted by Gasteiger charge is 2.26. The Morgan fingerprint density at radius 1 is 1.61 bits per heavy atom. The smallest absolute Gasteiger partial charge is 0.320 e. The Balaban J connectivity index is 1.94. The number of aromatic nitrogens is 2. The van der Waals surface area contributed by atoms with Crippen LogP contribution < -0.4 is 5.32 Å². The molecule has 1 saturated heterocycles. The second-order valence-corrected chi connectivity index (χ2v) is 5.27. The maximum absolute atomic E-state index is 11.0. The molecule has 2 atom stereocenters. The van der Waals surface area contributed by atoms with E-state index >= 15 is 0 Å². The molecule has 1 aliphatic rings. The maximum atomic E-state index is 11.0. The molecule has 100 valence electrons. The lowest BCUT2D eigenvalue weighted by atomic mass is 9.95. The van der Waals surface area contributed by atoms with E-state index < -0.39 is 12.0 Å². The van der Waals surface area contributed by atoms with Crippen LogP contribution in [-0.2, 0) is 11.2 Å². The fourth-order valence-corrected chi connectivity index (χ4v) is 2.40. The van der Waals surface area contributed by atoms with Crippen LogP contribution in [-0.4, -0.2) is 32.9 Å². The first-order valence-corrected chi connectivity index (χ1v) is 6.59. The first-order valence-electron chi connectivity index (χ1n) is 6.59. The van der Waals surface area contributed by atoms with Crippen molar-refractivity contribution in [2.24, 2.45) is 0 Å². The second kappa shape index (κ2) is 5.52. The largest absolute Gasteiger partial charge is 0.480 e. The van der Waals surface area contributed by atoms with Crippen LogP contribution >= 0.6 is 0 Å². The van der Waals surface area contributed by atoms with Crippen molar-refractivity contribution in [2.75, 3.05) is 0 Å². The number of aliphatic carboxylic acids is 1. The first kappa shape index (κ1) is 13.1. The molecule has 1 aromatic heterocycles. The van der Waals surface area contributed by atoms with Crippen LogP contribution in [0.1, 0.15) is 44.8 Å². The highest BCUT2D eigenvalue weighted by atomic mass is 16.4. The van der Waals surface area contributed by atoms with Crippen molar-refractivity contribution >= 4 is 5.97 Å². The summed E-state index contributed by atoms with van der Waals surface area (Å²) in [6, 6.07) is 2.22. The fourth-order valence-electron chi connectivity index (χ4n) is 2.40. The van der Waals surface area contributed by atoms with E-state index in [0.717, 1.165) is 31.4 Å². The summed E-state index contributed by atoms with van der Waals surface area (Å²) in [4.78, 5) is 11.0. The monoisotopic (exact) mass is 251 g/mol. The van der Waals surface area contributed by atoms with E-state index in [0.29, 0.717) is 6.04 Å². The number of nitrogens with one attached hydrogen (secondary N) is 1. The van der Waals surface area contributed by atoms with Gasteiger partial charge in [-0.25, -0.2) is 0 Å². The zero-order valence-corrected chi connectivity index (χ0v) is 11.0. The van der Waals surface area contributed by atoms with Gasteiger partial charge in [-0.15, -0.1) is 0 Å². The average Bonchev–Trinajstić information content (AvgIpc) is 2.78. The Kier molecular flexibility index (Phi) is 4.01. The number of carboxylic acids is 1. The van der Waals surface area contributed by atoms with E-state index in [2.05, 4.69) is 24.3 Å². The van der Waals surface area contributed by atoms with Crippen molar-refractivity contribution in [1.29, 1.82) is 0 Å². The van der Waals surface area contributed by atoms with E-state index in [1.807, 2.05) is 16.9 Å². The van der Waals surface area contributed by atoms with Crippen LogP contribution in [0.3, 0.4) is 0 Å². The summed E-state index contributed by atoms with van der Waals surface area (Å²) in [5, 5.41) is 16.7. The lowest BCUT2D eigenvalue weighted by molar-refractivity contribution is -0.140. The molecule has 0 saturated carbocycles. The molecule has 2 heterocycles. The van der Waals surface area contributed by atoms with Gasteiger partial charge in [-0.05, 0) is 39.2 Å². The molecule has 1 aliphatic heterocycles. The van der Waals surface area contributed by atoms with Crippen LogP contribution in [0.15, 0.2) is 12.3 Å². The third kappa shape index (κ3) is 3.10. The summed E-state index contributed by atoms with van der Waals surface area (Å²) >= 11 is 0.